The maximum Gasteiger partial charge on any atom is 0.355 e. The number of carbonyl (C=O) groups is 1. The highest BCUT2D eigenvalue weighted by Gasteiger charge is 2.16. The number of hydrogen-bond donors (Lipinski definition) is 1. The van der Waals surface area contributed by atoms with Gasteiger partial charge in [0.15, 0.2) is 0 Å². The molecule has 0 spiro atoms. The van der Waals surface area contributed by atoms with Crippen molar-refractivity contribution in [3.63, 3.8) is 0 Å². The number of nitrogens with zero attached hydrogens (tertiary/aromatic N) is 2. The molecule has 5 nitrogen and oxygen atoms in total. The summed E-state index contributed by atoms with van der Waals surface area (Å²) >= 11 is 0. The lowest BCUT2D eigenvalue weighted by atomic mass is 10.1. The highest BCUT2D eigenvalue weighted by molar-refractivity contribution is 5.94. The SMILES string of the molecule is O=C(OCc1cn(-c2ccccc2)nc1-c1ccccc1)c1cc2ccccc2[nH]1. The van der Waals surface area contributed by atoms with E-state index >= 15 is 0 Å². The fourth-order valence-electron chi connectivity index (χ4n) is 3.47. The lowest BCUT2D eigenvalue weighted by Crippen LogP contribution is -2.05. The first-order chi connectivity index (χ1) is 14.8. The molecule has 0 aliphatic rings. The number of hydrogen-bond acceptors (Lipinski definition) is 3. The van der Waals surface area contributed by atoms with Crippen molar-refractivity contribution in [2.45, 2.75) is 6.61 Å². The summed E-state index contributed by atoms with van der Waals surface area (Å²) < 4.78 is 7.45. The molecule has 146 valence electrons. The van der Waals surface area contributed by atoms with Crippen molar-refractivity contribution in [1.82, 2.24) is 14.8 Å². The second kappa shape index (κ2) is 7.72. The van der Waals surface area contributed by atoms with Gasteiger partial charge in [-0.15, -0.1) is 0 Å². The molecule has 30 heavy (non-hydrogen) atoms. The minimum atomic E-state index is -0.391. The van der Waals surface area contributed by atoms with Crippen molar-refractivity contribution < 1.29 is 9.53 Å². The summed E-state index contributed by atoms with van der Waals surface area (Å²) in [4.78, 5) is 15.7. The Kier molecular flexibility index (Phi) is 4.62. The van der Waals surface area contributed by atoms with Crippen LogP contribution in [0.25, 0.3) is 27.8 Å². The molecule has 0 saturated carbocycles. The lowest BCUT2D eigenvalue weighted by Gasteiger charge is -2.04. The number of para-hydroxylation sites is 2. The number of esters is 1. The lowest BCUT2D eigenvalue weighted by molar-refractivity contribution is 0.0467. The standard InChI is InChI=1S/C25H19N3O2/c29-25(23-15-19-11-7-8-14-22(19)26-23)30-17-20-16-28(21-12-5-2-6-13-21)27-24(20)18-9-3-1-4-10-18/h1-16,26H,17H2. The molecule has 2 aromatic heterocycles. The number of ether oxygens (including phenoxy) is 1. The Labute approximate surface area is 173 Å². The number of rotatable bonds is 5. The Bertz CT molecular complexity index is 1270. The molecule has 3 aromatic carbocycles. The van der Waals surface area contributed by atoms with E-state index in [2.05, 4.69) is 4.98 Å². The third-order valence-electron chi connectivity index (χ3n) is 4.97. The van der Waals surface area contributed by atoms with E-state index in [1.165, 1.54) is 0 Å². The molecule has 0 aliphatic heterocycles. The van der Waals surface area contributed by atoms with Gasteiger partial charge in [-0.1, -0.05) is 66.7 Å². The predicted molar refractivity (Wildman–Crippen MR) is 116 cm³/mol. The van der Waals surface area contributed by atoms with Gasteiger partial charge in [-0.25, -0.2) is 9.48 Å². The first-order valence-corrected chi connectivity index (χ1v) is 9.72. The largest absolute Gasteiger partial charge is 0.456 e. The Balaban J connectivity index is 1.44. The van der Waals surface area contributed by atoms with E-state index in [9.17, 15) is 4.79 Å². The molecular weight excluding hydrogens is 374 g/mol. The maximum atomic E-state index is 12.6. The van der Waals surface area contributed by atoms with Crippen LogP contribution >= 0.6 is 0 Å². The third-order valence-corrected chi connectivity index (χ3v) is 4.97. The molecule has 0 fully saturated rings. The number of fused-ring (bicyclic) bond motifs is 1. The van der Waals surface area contributed by atoms with Gasteiger partial charge in [0.05, 0.1) is 11.4 Å². The summed E-state index contributed by atoms with van der Waals surface area (Å²) in [6, 6.07) is 29.4. The molecule has 0 unspecified atom stereocenters. The van der Waals surface area contributed by atoms with Crippen molar-refractivity contribution in [3.8, 4) is 16.9 Å². The predicted octanol–water partition coefficient (Wildman–Crippen LogP) is 5.38. The van der Waals surface area contributed by atoms with Crippen LogP contribution in [0.1, 0.15) is 16.1 Å². The highest BCUT2D eigenvalue weighted by Crippen LogP contribution is 2.25. The van der Waals surface area contributed by atoms with E-state index in [0.717, 1.165) is 33.4 Å². The smallest absolute Gasteiger partial charge is 0.355 e. The molecule has 5 heteroatoms. The van der Waals surface area contributed by atoms with Crippen LogP contribution in [-0.4, -0.2) is 20.7 Å². The van der Waals surface area contributed by atoms with E-state index in [-0.39, 0.29) is 6.61 Å². The summed E-state index contributed by atoms with van der Waals surface area (Å²) in [6.45, 7) is 0.130. The summed E-state index contributed by atoms with van der Waals surface area (Å²) in [7, 11) is 0. The van der Waals surface area contributed by atoms with Crippen LogP contribution in [0, 0.1) is 0 Å². The van der Waals surface area contributed by atoms with Crippen molar-refractivity contribution in [1.29, 1.82) is 0 Å². The zero-order valence-corrected chi connectivity index (χ0v) is 16.2. The average Bonchev–Trinajstić information content (AvgIpc) is 3.43. The molecule has 5 rings (SSSR count). The van der Waals surface area contributed by atoms with Crippen molar-refractivity contribution >= 4 is 16.9 Å². The number of benzene rings is 3. The molecule has 1 N–H and O–H groups in total. The number of carbonyl (C=O) groups excluding carboxylic acids is 1. The van der Waals surface area contributed by atoms with E-state index in [0.29, 0.717) is 5.69 Å². The van der Waals surface area contributed by atoms with Crippen molar-refractivity contribution in [2.24, 2.45) is 0 Å². The van der Waals surface area contributed by atoms with Crippen LogP contribution in [0.5, 0.6) is 0 Å². The first kappa shape index (κ1) is 17.9. The van der Waals surface area contributed by atoms with Gasteiger partial charge in [-0.05, 0) is 24.3 Å². The number of nitrogens with one attached hydrogen (secondary N) is 1. The maximum absolute atomic E-state index is 12.6. The molecule has 0 aliphatic carbocycles. The van der Waals surface area contributed by atoms with Gasteiger partial charge >= 0.3 is 5.97 Å². The van der Waals surface area contributed by atoms with Crippen LogP contribution < -0.4 is 0 Å². The Morgan fingerprint density at radius 1 is 0.900 bits per heavy atom. The quantitative estimate of drug-likeness (QED) is 0.408. The van der Waals surface area contributed by atoms with E-state index in [1.807, 2.05) is 102 Å². The highest BCUT2D eigenvalue weighted by atomic mass is 16.5. The Morgan fingerprint density at radius 2 is 1.60 bits per heavy atom. The van der Waals surface area contributed by atoms with Crippen molar-refractivity contribution in [3.05, 3.63) is 108 Å². The van der Waals surface area contributed by atoms with Gasteiger partial charge in [-0.2, -0.15) is 5.10 Å². The number of aromatic nitrogens is 3. The van der Waals surface area contributed by atoms with E-state index in [1.54, 1.807) is 0 Å². The molecule has 0 saturated heterocycles. The topological polar surface area (TPSA) is 59.9 Å². The summed E-state index contributed by atoms with van der Waals surface area (Å²) in [5.74, 6) is -0.391. The number of H-pyrrole nitrogens is 1. The molecule has 0 bridgehead atoms. The monoisotopic (exact) mass is 393 g/mol. The van der Waals surface area contributed by atoms with Gasteiger partial charge in [0.2, 0.25) is 0 Å². The molecule has 0 radical (unpaired) electrons. The van der Waals surface area contributed by atoms with Crippen molar-refractivity contribution in [2.75, 3.05) is 0 Å². The molecule has 5 aromatic rings. The van der Waals surface area contributed by atoms with Gasteiger partial charge < -0.3 is 9.72 Å². The average molecular weight is 393 g/mol. The van der Waals surface area contributed by atoms with E-state index in [4.69, 9.17) is 9.84 Å². The van der Waals surface area contributed by atoms with Gasteiger partial charge in [0.25, 0.3) is 0 Å². The second-order valence-electron chi connectivity index (χ2n) is 7.00. The minimum Gasteiger partial charge on any atom is -0.456 e. The fourth-order valence-corrected chi connectivity index (χ4v) is 3.47. The van der Waals surface area contributed by atoms with Crippen LogP contribution in [0.3, 0.4) is 0 Å². The van der Waals surface area contributed by atoms with Gasteiger partial charge in [0, 0.05) is 28.2 Å². The molecule has 2 heterocycles. The van der Waals surface area contributed by atoms with Crippen LogP contribution in [0.2, 0.25) is 0 Å². The fraction of sp³-hybridized carbons (Fsp3) is 0.0400. The third kappa shape index (κ3) is 3.49. The summed E-state index contributed by atoms with van der Waals surface area (Å²) in [6.07, 6.45) is 1.91. The first-order valence-electron chi connectivity index (χ1n) is 9.72. The van der Waals surface area contributed by atoms with Crippen LogP contribution in [0.4, 0.5) is 0 Å². The number of aromatic amines is 1. The minimum absolute atomic E-state index is 0.130. The zero-order valence-electron chi connectivity index (χ0n) is 16.2. The zero-order chi connectivity index (χ0) is 20.3. The van der Waals surface area contributed by atoms with Crippen LogP contribution in [-0.2, 0) is 11.3 Å². The normalized spacial score (nSPS) is 10.9. The summed E-state index contributed by atoms with van der Waals surface area (Å²) in [5, 5.41) is 5.73. The molecule has 0 atom stereocenters. The van der Waals surface area contributed by atoms with E-state index < -0.39 is 5.97 Å². The summed E-state index contributed by atoms with van der Waals surface area (Å²) in [5.41, 5.74) is 4.91. The Morgan fingerprint density at radius 3 is 2.37 bits per heavy atom. The Hall–Kier alpha value is -4.12. The molecular formula is C25H19N3O2. The second-order valence-corrected chi connectivity index (χ2v) is 7.00. The van der Waals surface area contributed by atoms with Gasteiger partial charge in [-0.3, -0.25) is 0 Å². The van der Waals surface area contributed by atoms with Gasteiger partial charge in [0.1, 0.15) is 12.3 Å². The molecule has 0 amide bonds. The van der Waals surface area contributed by atoms with Crippen LogP contribution in [0.15, 0.2) is 97.2 Å².